The summed E-state index contributed by atoms with van der Waals surface area (Å²) in [6, 6.07) is 11.7. The molecule has 2 aromatic carbocycles. The van der Waals surface area contributed by atoms with Crippen molar-refractivity contribution in [2.45, 2.75) is 32.4 Å². The van der Waals surface area contributed by atoms with E-state index in [0.29, 0.717) is 36.3 Å². The molecule has 3 heterocycles. The number of ether oxygens (including phenoxy) is 1. The van der Waals surface area contributed by atoms with E-state index in [1.807, 2.05) is 0 Å². The number of aromatic nitrogens is 4. The molecule has 0 bridgehead atoms. The van der Waals surface area contributed by atoms with E-state index in [2.05, 4.69) is 20.6 Å². The van der Waals surface area contributed by atoms with Gasteiger partial charge in [0.25, 0.3) is 11.5 Å². The minimum atomic E-state index is -0.779. The van der Waals surface area contributed by atoms with Gasteiger partial charge in [-0.05, 0) is 80.3 Å². The lowest BCUT2D eigenvalue weighted by Crippen LogP contribution is -2.42. The van der Waals surface area contributed by atoms with Gasteiger partial charge in [0, 0.05) is 30.5 Å². The van der Waals surface area contributed by atoms with Crippen molar-refractivity contribution in [1.29, 1.82) is 0 Å². The number of nitrogens with one attached hydrogen (secondary N) is 2. The van der Waals surface area contributed by atoms with Gasteiger partial charge >= 0.3 is 5.69 Å². The number of fused-ring (bicyclic) bond motifs is 1. The smallest absolute Gasteiger partial charge is 0.335 e. The second-order valence-electron chi connectivity index (χ2n) is 9.65. The van der Waals surface area contributed by atoms with Gasteiger partial charge in [-0.25, -0.2) is 23.7 Å². The number of amides is 1. The summed E-state index contributed by atoms with van der Waals surface area (Å²) in [6.45, 7) is 1.88. The molecule has 0 atom stereocenters. The van der Waals surface area contributed by atoms with E-state index in [1.54, 1.807) is 24.3 Å². The summed E-state index contributed by atoms with van der Waals surface area (Å²) >= 11 is 0. The summed E-state index contributed by atoms with van der Waals surface area (Å²) in [5, 5.41) is 5.99. The molecule has 0 spiro atoms. The molecule has 39 heavy (non-hydrogen) atoms. The quantitative estimate of drug-likeness (QED) is 0.378. The fraction of sp³-hybridized carbons (Fsp3) is 0.250. The van der Waals surface area contributed by atoms with Crippen molar-refractivity contribution in [3.8, 4) is 17.3 Å². The summed E-state index contributed by atoms with van der Waals surface area (Å²) in [7, 11) is 0. The van der Waals surface area contributed by atoms with Crippen molar-refractivity contribution in [1.82, 2.24) is 24.4 Å². The molecule has 1 fully saturated rings. The average Bonchev–Trinajstić information content (AvgIpc) is 3.77. The van der Waals surface area contributed by atoms with Crippen molar-refractivity contribution >= 4 is 11.6 Å². The molecule has 1 saturated carbocycles. The van der Waals surface area contributed by atoms with Gasteiger partial charge < -0.3 is 15.4 Å². The van der Waals surface area contributed by atoms with Crippen LogP contribution in [-0.4, -0.2) is 31.6 Å². The molecule has 10 nitrogen and oxygen atoms in total. The Morgan fingerprint density at radius 1 is 1.08 bits per heavy atom. The zero-order valence-corrected chi connectivity index (χ0v) is 20.9. The van der Waals surface area contributed by atoms with Crippen LogP contribution < -0.4 is 26.6 Å². The average molecular weight is 529 g/mol. The van der Waals surface area contributed by atoms with Crippen molar-refractivity contribution in [3.63, 3.8) is 0 Å². The Kier molecular flexibility index (Phi) is 6.49. The van der Waals surface area contributed by atoms with Crippen molar-refractivity contribution < 1.29 is 13.9 Å². The van der Waals surface area contributed by atoms with Crippen LogP contribution >= 0.6 is 0 Å². The van der Waals surface area contributed by atoms with Gasteiger partial charge in [-0.3, -0.25) is 14.2 Å². The number of rotatable bonds is 7. The lowest BCUT2D eigenvalue weighted by molar-refractivity contribution is 0.102. The molecular weight excluding hydrogens is 503 g/mol. The normalized spacial score (nSPS) is 14.5. The largest absolute Gasteiger partial charge is 0.439 e. The Morgan fingerprint density at radius 2 is 1.85 bits per heavy atom. The number of halogens is 1. The van der Waals surface area contributed by atoms with Crippen LogP contribution in [0.25, 0.3) is 5.69 Å². The van der Waals surface area contributed by atoms with E-state index in [9.17, 15) is 18.8 Å². The molecule has 2 N–H and O–H groups in total. The summed E-state index contributed by atoms with van der Waals surface area (Å²) in [6.07, 6.45) is 5.50. The topological polar surface area (TPSA) is 120 Å². The molecular formula is C28H25FN6O4. The van der Waals surface area contributed by atoms with E-state index < -0.39 is 23.0 Å². The number of anilines is 1. The highest BCUT2D eigenvalue weighted by atomic mass is 19.1. The molecule has 11 heteroatoms. The van der Waals surface area contributed by atoms with Crippen molar-refractivity contribution in [2.75, 3.05) is 11.9 Å². The Balaban J connectivity index is 1.26. The maximum Gasteiger partial charge on any atom is 0.335 e. The van der Waals surface area contributed by atoms with E-state index in [4.69, 9.17) is 4.74 Å². The first kappa shape index (κ1) is 24.7. The Hall–Kier alpha value is -4.64. The maximum atomic E-state index is 13.5. The zero-order chi connectivity index (χ0) is 26.9. The molecule has 0 unspecified atom stereocenters. The minimum absolute atomic E-state index is 0.190. The molecule has 1 aliphatic carbocycles. The second kappa shape index (κ2) is 10.3. The third-order valence-corrected chi connectivity index (χ3v) is 6.80. The van der Waals surface area contributed by atoms with E-state index >= 15 is 0 Å². The number of carbonyl (C=O) groups excluding carboxylic acids is 1. The van der Waals surface area contributed by atoms with Crippen LogP contribution in [0.15, 0.2) is 70.6 Å². The number of carbonyl (C=O) groups is 1. The van der Waals surface area contributed by atoms with E-state index in [0.717, 1.165) is 53.8 Å². The van der Waals surface area contributed by atoms with Crippen LogP contribution in [0.3, 0.4) is 0 Å². The summed E-state index contributed by atoms with van der Waals surface area (Å²) < 4.78 is 21.8. The molecule has 2 aliphatic rings. The lowest BCUT2D eigenvalue weighted by Gasteiger charge is -2.18. The highest BCUT2D eigenvalue weighted by Gasteiger charge is 2.25. The SMILES string of the molecule is O=C(Nc1ccc(Oc2ncnc3c2CCNC3)cc1)c1cn(CC2CC2)c(=O)n(-c2ccc(F)cc2)c1=O. The number of hydrogen-bond donors (Lipinski definition) is 2. The monoisotopic (exact) mass is 528 g/mol. The van der Waals surface area contributed by atoms with Gasteiger partial charge in [0.05, 0.1) is 11.4 Å². The summed E-state index contributed by atoms with van der Waals surface area (Å²) in [4.78, 5) is 48.2. The first-order valence-corrected chi connectivity index (χ1v) is 12.7. The van der Waals surface area contributed by atoms with Crippen LogP contribution in [-0.2, 0) is 19.5 Å². The predicted octanol–water partition coefficient (Wildman–Crippen LogP) is 3.03. The Morgan fingerprint density at radius 3 is 2.59 bits per heavy atom. The van der Waals surface area contributed by atoms with Gasteiger partial charge in [-0.2, -0.15) is 0 Å². The zero-order valence-electron chi connectivity index (χ0n) is 20.9. The predicted molar refractivity (Wildman–Crippen MR) is 141 cm³/mol. The van der Waals surface area contributed by atoms with Gasteiger partial charge in [0.2, 0.25) is 5.88 Å². The maximum absolute atomic E-state index is 13.5. The summed E-state index contributed by atoms with van der Waals surface area (Å²) in [5.74, 6) is 0.193. The first-order valence-electron chi connectivity index (χ1n) is 12.7. The Bertz CT molecular complexity index is 1660. The van der Waals surface area contributed by atoms with Crippen LogP contribution in [0.4, 0.5) is 10.1 Å². The van der Waals surface area contributed by atoms with Crippen LogP contribution in [0, 0.1) is 11.7 Å². The van der Waals surface area contributed by atoms with Crippen molar-refractivity contribution in [3.05, 3.63) is 105 Å². The second-order valence-corrected chi connectivity index (χ2v) is 9.65. The fourth-order valence-corrected chi connectivity index (χ4v) is 4.54. The molecule has 1 amide bonds. The van der Waals surface area contributed by atoms with Crippen LogP contribution in [0.5, 0.6) is 11.6 Å². The number of hydrogen-bond acceptors (Lipinski definition) is 7. The fourth-order valence-electron chi connectivity index (χ4n) is 4.54. The highest BCUT2D eigenvalue weighted by molar-refractivity contribution is 6.03. The minimum Gasteiger partial charge on any atom is -0.439 e. The molecule has 4 aromatic rings. The standard InChI is InChI=1S/C28H25FN6O4/c29-18-3-7-20(8-4-18)35-27(37)23(15-34(28(35)38)14-17-1-2-17)25(36)33-19-5-9-21(10-6-19)39-26-22-11-12-30-13-24(22)31-16-32-26/h3-10,15-17,30H,1-2,11-14H2,(H,33,36). The van der Waals surface area contributed by atoms with E-state index in [1.165, 1.54) is 29.2 Å². The van der Waals surface area contributed by atoms with Crippen molar-refractivity contribution in [2.24, 2.45) is 5.92 Å². The Labute approximate surface area is 222 Å². The van der Waals surface area contributed by atoms with Gasteiger partial charge in [0.15, 0.2) is 0 Å². The third kappa shape index (κ3) is 5.21. The molecule has 0 radical (unpaired) electrons. The van der Waals surface area contributed by atoms with Crippen LogP contribution in [0.2, 0.25) is 0 Å². The lowest BCUT2D eigenvalue weighted by atomic mass is 10.1. The molecule has 6 rings (SSSR count). The molecule has 1 aliphatic heterocycles. The highest BCUT2D eigenvalue weighted by Crippen LogP contribution is 2.30. The van der Waals surface area contributed by atoms with Crippen LogP contribution in [0.1, 0.15) is 34.5 Å². The van der Waals surface area contributed by atoms with Gasteiger partial charge in [-0.1, -0.05) is 0 Å². The molecule has 198 valence electrons. The molecule has 0 saturated heterocycles. The molecule has 2 aromatic heterocycles. The third-order valence-electron chi connectivity index (χ3n) is 6.80. The van der Waals surface area contributed by atoms with Gasteiger partial charge in [-0.15, -0.1) is 0 Å². The summed E-state index contributed by atoms with van der Waals surface area (Å²) in [5.41, 5.74) is 0.958. The number of benzene rings is 2. The first-order chi connectivity index (χ1) is 19.0. The van der Waals surface area contributed by atoms with E-state index in [-0.39, 0.29) is 11.3 Å². The van der Waals surface area contributed by atoms with Gasteiger partial charge in [0.1, 0.15) is 23.5 Å². The number of nitrogens with zero attached hydrogens (tertiary/aromatic N) is 4.